The molecule has 0 rings (SSSR count). The number of alkyl halides is 2. The van der Waals surface area contributed by atoms with Crippen LogP contribution < -0.4 is 5.14 Å². The van der Waals surface area contributed by atoms with E-state index in [-0.39, 0.29) is 6.61 Å². The van der Waals surface area contributed by atoms with Gasteiger partial charge in [-0.25, -0.2) is 18.4 Å². The molecule has 0 atom stereocenters. The summed E-state index contributed by atoms with van der Waals surface area (Å²) in [7, 11) is -3.99. The molecule has 0 saturated heterocycles. The van der Waals surface area contributed by atoms with Gasteiger partial charge < -0.3 is 4.74 Å². The Morgan fingerprint density at radius 1 is 1.50 bits per heavy atom. The van der Waals surface area contributed by atoms with Crippen LogP contribution in [0.5, 0.6) is 0 Å². The van der Waals surface area contributed by atoms with Gasteiger partial charge in [-0.3, -0.25) is 0 Å². The van der Waals surface area contributed by atoms with Crippen molar-refractivity contribution < 1.29 is 26.7 Å². The molecule has 0 heterocycles. The zero-order chi connectivity index (χ0) is 11.4. The Balaban J connectivity index is 4.27. The van der Waals surface area contributed by atoms with Crippen LogP contribution in [0.3, 0.4) is 0 Å². The second kappa shape index (κ2) is 4.65. The summed E-state index contributed by atoms with van der Waals surface area (Å²) in [6.45, 7) is 1.18. The fourth-order valence-electron chi connectivity index (χ4n) is 0.609. The highest BCUT2D eigenvalue weighted by Crippen LogP contribution is 2.20. The van der Waals surface area contributed by atoms with Crippen molar-refractivity contribution in [1.29, 1.82) is 0 Å². The summed E-state index contributed by atoms with van der Waals surface area (Å²) in [4.78, 5) is 10.6. The van der Waals surface area contributed by atoms with E-state index >= 15 is 0 Å². The molecule has 0 unspecified atom stereocenters. The van der Waals surface area contributed by atoms with Crippen molar-refractivity contribution in [1.82, 2.24) is 0 Å². The largest absolute Gasteiger partial charge is 0.462 e. The summed E-state index contributed by atoms with van der Waals surface area (Å²) in [6.07, 6.45) is -1.16. The SMILES string of the molecule is CCOC(=O)C(F)(F)CCS(N)(=O)=O. The number of nitrogens with two attached hydrogens (primary N) is 1. The van der Waals surface area contributed by atoms with Gasteiger partial charge in [-0.15, -0.1) is 0 Å². The van der Waals surface area contributed by atoms with Crippen molar-refractivity contribution in [3.8, 4) is 0 Å². The number of carbonyl (C=O) groups excluding carboxylic acids is 1. The lowest BCUT2D eigenvalue weighted by atomic mass is 10.3. The molecule has 0 aromatic rings. The van der Waals surface area contributed by atoms with Gasteiger partial charge in [0.15, 0.2) is 0 Å². The first-order valence-electron chi connectivity index (χ1n) is 3.74. The van der Waals surface area contributed by atoms with Crippen molar-refractivity contribution in [3.05, 3.63) is 0 Å². The fourth-order valence-corrected chi connectivity index (χ4v) is 1.15. The van der Waals surface area contributed by atoms with Crippen molar-refractivity contribution in [2.24, 2.45) is 5.14 Å². The van der Waals surface area contributed by atoms with Gasteiger partial charge in [0.2, 0.25) is 10.0 Å². The van der Waals surface area contributed by atoms with Crippen LogP contribution >= 0.6 is 0 Å². The number of carbonyl (C=O) groups is 1. The summed E-state index contributed by atoms with van der Waals surface area (Å²) < 4.78 is 50.2. The molecule has 0 aromatic carbocycles. The standard InChI is InChI=1S/C6H11F2NO4S/c1-2-13-5(10)6(7,8)3-4-14(9,11)12/h2-4H2,1H3,(H2,9,11,12). The summed E-state index contributed by atoms with van der Waals surface area (Å²) in [5, 5.41) is 4.50. The van der Waals surface area contributed by atoms with Crippen molar-refractivity contribution in [2.45, 2.75) is 19.3 Å². The molecule has 0 aliphatic carbocycles. The molecule has 0 saturated carbocycles. The quantitative estimate of drug-likeness (QED) is 0.667. The van der Waals surface area contributed by atoms with Crippen LogP contribution in [0, 0.1) is 0 Å². The van der Waals surface area contributed by atoms with E-state index < -0.39 is 34.1 Å². The summed E-state index contributed by atoms with van der Waals surface area (Å²) in [6, 6.07) is 0. The summed E-state index contributed by atoms with van der Waals surface area (Å²) in [5.74, 6) is -6.50. The van der Waals surface area contributed by atoms with Crippen LogP contribution in [-0.2, 0) is 19.6 Å². The first-order chi connectivity index (χ1) is 6.19. The molecule has 0 amide bonds. The Kier molecular flexibility index (Phi) is 4.40. The number of halogens is 2. The molecule has 0 bridgehead atoms. The number of primary sulfonamides is 1. The maximum Gasteiger partial charge on any atom is 0.377 e. The highest BCUT2D eigenvalue weighted by molar-refractivity contribution is 7.89. The van der Waals surface area contributed by atoms with Crippen molar-refractivity contribution in [3.63, 3.8) is 0 Å². The topological polar surface area (TPSA) is 86.5 Å². The fraction of sp³-hybridized carbons (Fsp3) is 0.833. The maximum atomic E-state index is 12.7. The average Bonchev–Trinajstić information content (AvgIpc) is 2.00. The summed E-state index contributed by atoms with van der Waals surface area (Å²) >= 11 is 0. The Morgan fingerprint density at radius 3 is 2.36 bits per heavy atom. The molecule has 0 spiro atoms. The number of hydrogen-bond acceptors (Lipinski definition) is 4. The Hall–Kier alpha value is -0.760. The van der Waals surface area contributed by atoms with Crippen LogP contribution in [0.25, 0.3) is 0 Å². The minimum Gasteiger partial charge on any atom is -0.462 e. The molecular weight excluding hydrogens is 220 g/mol. The van der Waals surface area contributed by atoms with Gasteiger partial charge in [0.25, 0.3) is 0 Å². The molecule has 8 heteroatoms. The molecule has 5 nitrogen and oxygen atoms in total. The van der Waals surface area contributed by atoms with E-state index in [9.17, 15) is 22.0 Å². The van der Waals surface area contributed by atoms with E-state index in [0.29, 0.717) is 0 Å². The van der Waals surface area contributed by atoms with E-state index in [4.69, 9.17) is 0 Å². The van der Waals surface area contributed by atoms with Crippen LogP contribution in [0.15, 0.2) is 0 Å². The third-order valence-corrected chi connectivity index (χ3v) is 2.05. The second-order valence-electron chi connectivity index (χ2n) is 2.54. The first kappa shape index (κ1) is 13.2. The highest BCUT2D eigenvalue weighted by atomic mass is 32.2. The van der Waals surface area contributed by atoms with Gasteiger partial charge in [0.1, 0.15) is 0 Å². The normalized spacial score (nSPS) is 12.6. The number of esters is 1. The molecule has 0 aromatic heterocycles. The minimum absolute atomic E-state index is 0.191. The predicted molar refractivity (Wildman–Crippen MR) is 44.2 cm³/mol. The zero-order valence-electron chi connectivity index (χ0n) is 7.50. The number of ether oxygens (including phenoxy) is 1. The van der Waals surface area contributed by atoms with Crippen molar-refractivity contribution in [2.75, 3.05) is 12.4 Å². The average molecular weight is 231 g/mol. The molecule has 0 aliphatic rings. The van der Waals surface area contributed by atoms with Crippen LogP contribution in [0.4, 0.5) is 8.78 Å². The number of sulfonamides is 1. The molecule has 84 valence electrons. The Morgan fingerprint density at radius 2 is 2.00 bits per heavy atom. The lowest BCUT2D eigenvalue weighted by Crippen LogP contribution is -2.34. The summed E-state index contributed by atoms with van der Waals surface area (Å²) in [5.41, 5.74) is 0. The van der Waals surface area contributed by atoms with Crippen LogP contribution in [-0.4, -0.2) is 32.7 Å². The van der Waals surface area contributed by atoms with E-state index in [1.807, 2.05) is 0 Å². The van der Waals surface area contributed by atoms with E-state index in [2.05, 4.69) is 9.88 Å². The van der Waals surface area contributed by atoms with Gasteiger partial charge in [-0.2, -0.15) is 8.78 Å². The van der Waals surface area contributed by atoms with Gasteiger partial charge in [0.05, 0.1) is 12.4 Å². The molecule has 0 aliphatic heterocycles. The number of rotatable bonds is 5. The molecule has 0 fully saturated rings. The minimum atomic E-state index is -3.99. The van der Waals surface area contributed by atoms with E-state index in [0.717, 1.165) is 0 Å². The number of hydrogen-bond donors (Lipinski definition) is 1. The maximum absolute atomic E-state index is 12.7. The van der Waals surface area contributed by atoms with E-state index in [1.54, 1.807) is 0 Å². The molecule has 2 N–H and O–H groups in total. The lowest BCUT2D eigenvalue weighted by molar-refractivity contribution is -0.171. The Bertz CT molecular complexity index is 301. The first-order valence-corrected chi connectivity index (χ1v) is 5.46. The Labute approximate surface area is 80.3 Å². The third-order valence-electron chi connectivity index (χ3n) is 1.27. The van der Waals surface area contributed by atoms with Crippen molar-refractivity contribution >= 4 is 16.0 Å². The van der Waals surface area contributed by atoms with Gasteiger partial charge in [-0.1, -0.05) is 0 Å². The van der Waals surface area contributed by atoms with Crippen LogP contribution in [0.1, 0.15) is 13.3 Å². The highest BCUT2D eigenvalue weighted by Gasteiger charge is 2.40. The molecule has 14 heavy (non-hydrogen) atoms. The molecular formula is C6H11F2NO4S. The van der Waals surface area contributed by atoms with Gasteiger partial charge >= 0.3 is 11.9 Å². The third kappa shape index (κ3) is 5.07. The second-order valence-corrected chi connectivity index (χ2v) is 4.28. The molecule has 0 radical (unpaired) electrons. The van der Waals surface area contributed by atoms with Gasteiger partial charge in [-0.05, 0) is 6.92 Å². The smallest absolute Gasteiger partial charge is 0.377 e. The predicted octanol–water partition coefficient (Wildman–Crippen LogP) is -0.137. The van der Waals surface area contributed by atoms with Gasteiger partial charge in [0, 0.05) is 6.42 Å². The van der Waals surface area contributed by atoms with E-state index in [1.165, 1.54) is 6.92 Å². The van der Waals surface area contributed by atoms with Crippen LogP contribution in [0.2, 0.25) is 0 Å². The zero-order valence-corrected chi connectivity index (χ0v) is 8.31. The monoisotopic (exact) mass is 231 g/mol. The lowest BCUT2D eigenvalue weighted by Gasteiger charge is -2.13.